The number of hydrogen-bond acceptors (Lipinski definition) is 3. The molecule has 2 N–H and O–H groups in total. The van der Waals surface area contributed by atoms with E-state index in [4.69, 9.17) is 4.74 Å². The zero-order valence-electron chi connectivity index (χ0n) is 17.0. The van der Waals surface area contributed by atoms with Gasteiger partial charge in [0, 0.05) is 5.69 Å². The lowest BCUT2D eigenvalue weighted by atomic mass is 9.91. The van der Waals surface area contributed by atoms with E-state index in [1.165, 1.54) is 38.1 Å². The highest BCUT2D eigenvalue weighted by Gasteiger charge is 2.30. The minimum Gasteiger partial charge on any atom is -0.496 e. The van der Waals surface area contributed by atoms with Gasteiger partial charge >= 0.3 is 6.18 Å². The highest BCUT2D eigenvalue weighted by atomic mass is 32.2. The van der Waals surface area contributed by atoms with Crippen LogP contribution >= 0.6 is 0 Å². The number of rotatable bonds is 4. The van der Waals surface area contributed by atoms with Gasteiger partial charge in [0.25, 0.3) is 0 Å². The van der Waals surface area contributed by atoms with E-state index in [2.05, 4.69) is 10.0 Å². The molecule has 0 bridgehead atoms. The monoisotopic (exact) mass is 440 g/mol. The van der Waals surface area contributed by atoms with Crippen molar-refractivity contribution in [3.63, 3.8) is 0 Å². The summed E-state index contributed by atoms with van der Waals surface area (Å²) in [6.07, 6.45) is 2.03. The summed E-state index contributed by atoms with van der Waals surface area (Å²) in [5, 5.41) is 3.22. The molecule has 1 aliphatic heterocycles. The van der Waals surface area contributed by atoms with Crippen LogP contribution in [0.4, 0.5) is 18.9 Å². The van der Waals surface area contributed by atoms with E-state index in [9.17, 15) is 17.4 Å². The first-order valence-corrected chi connectivity index (χ1v) is 11.3. The third-order valence-electron chi connectivity index (χ3n) is 5.23. The summed E-state index contributed by atoms with van der Waals surface area (Å²) in [4.78, 5) is 0.605. The lowest BCUT2D eigenvalue weighted by molar-refractivity contribution is -0.137. The van der Waals surface area contributed by atoms with Crippen molar-refractivity contribution in [2.24, 2.45) is 0 Å². The Balaban J connectivity index is 0.000000448. The topological polar surface area (TPSA) is 50.4 Å². The molecule has 4 rings (SSSR count). The van der Waals surface area contributed by atoms with Crippen LogP contribution in [0.3, 0.4) is 0 Å². The van der Waals surface area contributed by atoms with Crippen molar-refractivity contribution < 1.29 is 22.1 Å². The Morgan fingerprint density at radius 3 is 2.30 bits per heavy atom. The van der Waals surface area contributed by atoms with Gasteiger partial charge in [0.1, 0.15) is 5.75 Å². The van der Waals surface area contributed by atoms with Crippen LogP contribution in [0, 0.1) is 0 Å². The maximum Gasteiger partial charge on any atom is 0.416 e. The fraction of sp³-hybridized carbons (Fsp3) is 0.455. The van der Waals surface area contributed by atoms with Gasteiger partial charge in [0.15, 0.2) is 11.0 Å². The van der Waals surface area contributed by atoms with Crippen molar-refractivity contribution in [1.82, 2.24) is 5.32 Å². The van der Waals surface area contributed by atoms with Crippen molar-refractivity contribution in [3.8, 4) is 5.75 Å². The Morgan fingerprint density at radius 2 is 1.70 bits per heavy atom. The molecule has 0 radical (unpaired) electrons. The van der Waals surface area contributed by atoms with Gasteiger partial charge in [0.2, 0.25) is 0 Å². The van der Waals surface area contributed by atoms with Crippen molar-refractivity contribution in [2.45, 2.75) is 49.6 Å². The standard InChI is InChI=1S/C18H18F3NO2S.C4H9N/c1-24-16-9-10-17(15-8-3-2-7-14(15)16)25(23)22-13-6-4-5-12(11-13)18(19,20)21;1-2-4-5-3-1/h4-6,9-11,22H,2-3,7-8H2,1H3;5H,1-4H2. The van der Waals surface area contributed by atoms with Crippen molar-refractivity contribution in [2.75, 3.05) is 24.9 Å². The highest BCUT2D eigenvalue weighted by molar-refractivity contribution is 7.86. The van der Waals surface area contributed by atoms with E-state index in [0.717, 1.165) is 54.7 Å². The first kappa shape index (κ1) is 22.6. The van der Waals surface area contributed by atoms with Crippen LogP contribution in [0.15, 0.2) is 41.3 Å². The van der Waals surface area contributed by atoms with Gasteiger partial charge in [-0.2, -0.15) is 13.2 Å². The Hall–Kier alpha value is -2.06. The van der Waals surface area contributed by atoms with Crippen LogP contribution in [0.25, 0.3) is 0 Å². The average Bonchev–Trinajstić information content (AvgIpc) is 3.33. The van der Waals surface area contributed by atoms with Gasteiger partial charge in [-0.1, -0.05) is 6.07 Å². The first-order chi connectivity index (χ1) is 14.4. The molecule has 8 heteroatoms. The van der Waals surface area contributed by atoms with E-state index in [1.54, 1.807) is 19.2 Å². The summed E-state index contributed by atoms with van der Waals surface area (Å²) in [7, 11) is -0.0431. The molecule has 0 amide bonds. The van der Waals surface area contributed by atoms with Crippen LogP contribution in [-0.2, 0) is 30.0 Å². The van der Waals surface area contributed by atoms with E-state index < -0.39 is 22.7 Å². The molecule has 1 aliphatic carbocycles. The first-order valence-electron chi connectivity index (χ1n) is 10.2. The van der Waals surface area contributed by atoms with Crippen LogP contribution in [0.5, 0.6) is 5.75 Å². The Labute approximate surface area is 177 Å². The number of fused-ring (bicyclic) bond motifs is 1. The average molecular weight is 441 g/mol. The molecule has 30 heavy (non-hydrogen) atoms. The minimum absolute atomic E-state index is 0.175. The Kier molecular flexibility index (Phi) is 7.77. The summed E-state index contributed by atoms with van der Waals surface area (Å²) in [6, 6.07) is 8.22. The molecular weight excluding hydrogens is 413 g/mol. The molecule has 2 aliphatic rings. The third kappa shape index (κ3) is 5.76. The SMILES string of the molecule is C1CCNC1.COc1ccc(S(=O)Nc2cccc(C(F)(F)F)c2)c2c1CCCC2. The van der Waals surface area contributed by atoms with Gasteiger partial charge in [-0.25, -0.2) is 4.21 Å². The molecule has 164 valence electrons. The summed E-state index contributed by atoms with van der Waals surface area (Å²) in [5.41, 5.74) is 1.42. The van der Waals surface area contributed by atoms with Gasteiger partial charge in [-0.05, 0) is 93.1 Å². The van der Waals surface area contributed by atoms with E-state index in [-0.39, 0.29) is 5.69 Å². The predicted molar refractivity (Wildman–Crippen MR) is 113 cm³/mol. The lowest BCUT2D eigenvalue weighted by Crippen LogP contribution is -2.13. The summed E-state index contributed by atoms with van der Waals surface area (Å²) < 4.78 is 59.2. The molecule has 1 heterocycles. The summed E-state index contributed by atoms with van der Waals surface area (Å²) in [5.74, 6) is 0.773. The second-order valence-electron chi connectivity index (χ2n) is 7.34. The molecule has 1 saturated heterocycles. The highest BCUT2D eigenvalue weighted by Crippen LogP contribution is 2.34. The normalized spacial score (nSPS) is 16.8. The molecule has 1 fully saturated rings. The fourth-order valence-corrected chi connectivity index (χ4v) is 4.80. The molecule has 1 unspecified atom stereocenters. The molecule has 1 atom stereocenters. The van der Waals surface area contributed by atoms with Crippen LogP contribution in [0.1, 0.15) is 42.4 Å². The van der Waals surface area contributed by atoms with Gasteiger partial charge < -0.3 is 14.8 Å². The second kappa shape index (κ2) is 10.3. The van der Waals surface area contributed by atoms with Crippen molar-refractivity contribution in [3.05, 3.63) is 53.1 Å². The Morgan fingerprint density at radius 1 is 1.00 bits per heavy atom. The maximum atomic E-state index is 12.8. The number of halogens is 3. The van der Waals surface area contributed by atoms with Gasteiger partial charge in [-0.15, -0.1) is 0 Å². The number of anilines is 1. The molecule has 0 aromatic heterocycles. The molecule has 4 nitrogen and oxygen atoms in total. The Bertz CT molecular complexity index is 876. The van der Waals surface area contributed by atoms with Crippen LogP contribution < -0.4 is 14.8 Å². The molecule has 2 aromatic rings. The quantitative estimate of drug-likeness (QED) is 0.696. The van der Waals surface area contributed by atoms with Crippen molar-refractivity contribution >= 4 is 16.7 Å². The third-order valence-corrected chi connectivity index (χ3v) is 6.43. The number of nitrogens with one attached hydrogen (secondary N) is 2. The number of alkyl halides is 3. The zero-order valence-corrected chi connectivity index (χ0v) is 17.8. The zero-order chi connectivity index (χ0) is 21.6. The minimum atomic E-state index is -4.43. The number of benzene rings is 2. The van der Waals surface area contributed by atoms with Gasteiger partial charge in [0.05, 0.1) is 17.6 Å². The molecule has 2 aromatic carbocycles. The summed E-state index contributed by atoms with van der Waals surface area (Å²) in [6.45, 7) is 2.50. The smallest absolute Gasteiger partial charge is 0.416 e. The van der Waals surface area contributed by atoms with E-state index in [0.29, 0.717) is 4.90 Å². The number of ether oxygens (including phenoxy) is 1. The largest absolute Gasteiger partial charge is 0.496 e. The van der Waals surface area contributed by atoms with E-state index in [1.807, 2.05) is 0 Å². The maximum absolute atomic E-state index is 12.8. The number of methoxy groups -OCH3 is 1. The van der Waals surface area contributed by atoms with Crippen LogP contribution in [-0.4, -0.2) is 24.4 Å². The number of hydrogen-bond donors (Lipinski definition) is 2. The molecule has 0 saturated carbocycles. The van der Waals surface area contributed by atoms with E-state index >= 15 is 0 Å². The van der Waals surface area contributed by atoms with Crippen molar-refractivity contribution in [1.29, 1.82) is 0 Å². The van der Waals surface area contributed by atoms with Gasteiger partial charge in [-0.3, -0.25) is 0 Å². The predicted octanol–water partition coefficient (Wildman–Crippen LogP) is 5.10. The van der Waals surface area contributed by atoms with Crippen LogP contribution in [0.2, 0.25) is 0 Å². The second-order valence-corrected chi connectivity index (χ2v) is 8.52. The molecular formula is C22H27F3N2O2S. The lowest BCUT2D eigenvalue weighted by Gasteiger charge is -2.22. The summed E-state index contributed by atoms with van der Waals surface area (Å²) >= 11 is 0. The fourth-order valence-electron chi connectivity index (χ4n) is 3.71. The molecule has 0 spiro atoms.